The average molecular weight is 342 g/mol. The van der Waals surface area contributed by atoms with E-state index in [0.717, 1.165) is 18.5 Å². The molecule has 1 aromatic heterocycles. The number of hydrogen-bond acceptors (Lipinski definition) is 2. The Bertz CT molecular complexity index is 553. The summed E-state index contributed by atoms with van der Waals surface area (Å²) in [7, 11) is 0. The minimum atomic E-state index is -0.224. The summed E-state index contributed by atoms with van der Waals surface area (Å²) in [5, 5.41) is 3.48. The molecule has 1 heterocycles. The van der Waals surface area contributed by atoms with Crippen molar-refractivity contribution < 1.29 is 4.39 Å². The Kier molecular flexibility index (Phi) is 5.13. The molecule has 0 amide bonds. The van der Waals surface area contributed by atoms with Crippen LogP contribution in [-0.2, 0) is 0 Å². The Morgan fingerprint density at radius 1 is 1.32 bits per heavy atom. The van der Waals surface area contributed by atoms with E-state index in [9.17, 15) is 4.39 Å². The summed E-state index contributed by atoms with van der Waals surface area (Å²) in [4.78, 5) is 2.48. The zero-order valence-electron chi connectivity index (χ0n) is 11.0. The van der Waals surface area contributed by atoms with Crippen LogP contribution in [0.5, 0.6) is 0 Å². The molecule has 0 saturated carbocycles. The van der Waals surface area contributed by atoms with Crippen molar-refractivity contribution in [3.63, 3.8) is 0 Å². The van der Waals surface area contributed by atoms with Crippen LogP contribution in [0.4, 0.5) is 4.39 Å². The van der Waals surface area contributed by atoms with Crippen LogP contribution in [0.15, 0.2) is 34.8 Å². The molecule has 0 fully saturated rings. The summed E-state index contributed by atoms with van der Waals surface area (Å²) in [6.45, 7) is 5.36. The molecule has 1 unspecified atom stereocenters. The maximum absolute atomic E-state index is 13.2. The lowest BCUT2D eigenvalue weighted by Gasteiger charge is -2.10. The fourth-order valence-corrected chi connectivity index (χ4v) is 3.26. The van der Waals surface area contributed by atoms with E-state index in [-0.39, 0.29) is 5.82 Å². The van der Waals surface area contributed by atoms with Crippen molar-refractivity contribution in [1.29, 1.82) is 0 Å². The molecule has 4 heteroatoms. The monoisotopic (exact) mass is 341 g/mol. The number of rotatable bonds is 5. The maximum Gasteiger partial charge on any atom is 0.137 e. The van der Waals surface area contributed by atoms with Gasteiger partial charge >= 0.3 is 0 Å². The number of thiophene rings is 1. The Labute approximate surface area is 126 Å². The summed E-state index contributed by atoms with van der Waals surface area (Å²) in [6, 6.07) is 9.75. The summed E-state index contributed by atoms with van der Waals surface area (Å²) in [6.07, 6.45) is 1.13. The first-order chi connectivity index (χ1) is 9.11. The van der Waals surface area contributed by atoms with E-state index in [2.05, 4.69) is 47.2 Å². The molecular weight excluding hydrogens is 325 g/mol. The predicted molar refractivity (Wildman–Crippen MR) is 84.1 cm³/mol. The first-order valence-corrected chi connectivity index (χ1v) is 8.01. The van der Waals surface area contributed by atoms with Gasteiger partial charge in [-0.05, 0) is 65.6 Å². The standard InChI is InChI=1S/C15H17BrFNS/c1-3-8-18-10(2)14-6-7-15(19-14)11-4-5-13(17)12(16)9-11/h4-7,9-10,18H,3,8H2,1-2H3. The van der Waals surface area contributed by atoms with Crippen LogP contribution in [0.1, 0.15) is 31.2 Å². The van der Waals surface area contributed by atoms with E-state index in [1.54, 1.807) is 11.3 Å². The quantitative estimate of drug-likeness (QED) is 0.769. The Balaban J connectivity index is 2.18. The lowest BCUT2D eigenvalue weighted by atomic mass is 10.2. The van der Waals surface area contributed by atoms with Gasteiger partial charge in [0.25, 0.3) is 0 Å². The van der Waals surface area contributed by atoms with Gasteiger partial charge in [-0.2, -0.15) is 0 Å². The number of benzene rings is 1. The molecule has 1 atom stereocenters. The molecular formula is C15H17BrFNS. The van der Waals surface area contributed by atoms with E-state index in [1.807, 2.05) is 12.1 Å². The van der Waals surface area contributed by atoms with Gasteiger partial charge in [-0.15, -0.1) is 11.3 Å². The highest BCUT2D eigenvalue weighted by atomic mass is 79.9. The predicted octanol–water partition coefficient (Wildman–Crippen LogP) is 5.38. The lowest BCUT2D eigenvalue weighted by molar-refractivity contribution is 0.578. The summed E-state index contributed by atoms with van der Waals surface area (Å²) >= 11 is 4.98. The van der Waals surface area contributed by atoms with Crippen LogP contribution < -0.4 is 5.32 Å². The van der Waals surface area contributed by atoms with Crippen LogP contribution in [0.2, 0.25) is 0 Å². The molecule has 2 rings (SSSR count). The maximum atomic E-state index is 13.2. The molecule has 0 aliphatic rings. The van der Waals surface area contributed by atoms with Crippen LogP contribution >= 0.6 is 27.3 Å². The molecule has 0 aliphatic carbocycles. The molecule has 0 spiro atoms. The molecule has 1 aromatic carbocycles. The van der Waals surface area contributed by atoms with Crippen molar-refractivity contribution in [2.45, 2.75) is 26.3 Å². The van der Waals surface area contributed by atoms with Crippen molar-refractivity contribution >= 4 is 27.3 Å². The van der Waals surface area contributed by atoms with E-state index >= 15 is 0 Å². The highest BCUT2D eigenvalue weighted by Gasteiger charge is 2.10. The second-order valence-corrected chi connectivity index (χ2v) is 6.48. The summed E-state index contributed by atoms with van der Waals surface area (Å²) < 4.78 is 13.7. The van der Waals surface area contributed by atoms with Crippen LogP contribution in [0.3, 0.4) is 0 Å². The van der Waals surface area contributed by atoms with Crippen LogP contribution in [-0.4, -0.2) is 6.54 Å². The zero-order chi connectivity index (χ0) is 13.8. The van der Waals surface area contributed by atoms with Crippen LogP contribution in [0, 0.1) is 5.82 Å². The zero-order valence-corrected chi connectivity index (χ0v) is 13.4. The van der Waals surface area contributed by atoms with E-state index < -0.39 is 0 Å². The van der Waals surface area contributed by atoms with Crippen molar-refractivity contribution in [3.05, 3.63) is 45.5 Å². The Morgan fingerprint density at radius 2 is 2.11 bits per heavy atom. The molecule has 0 bridgehead atoms. The van der Waals surface area contributed by atoms with Gasteiger partial charge in [0.05, 0.1) is 4.47 Å². The second kappa shape index (κ2) is 6.64. The van der Waals surface area contributed by atoms with Gasteiger partial charge in [0.2, 0.25) is 0 Å². The molecule has 2 aromatic rings. The minimum Gasteiger partial charge on any atom is -0.309 e. The molecule has 0 aliphatic heterocycles. The van der Waals surface area contributed by atoms with Gasteiger partial charge in [0, 0.05) is 15.8 Å². The van der Waals surface area contributed by atoms with E-state index in [1.165, 1.54) is 15.8 Å². The van der Waals surface area contributed by atoms with Gasteiger partial charge in [-0.25, -0.2) is 4.39 Å². The molecule has 19 heavy (non-hydrogen) atoms. The molecule has 1 N–H and O–H groups in total. The first kappa shape index (κ1) is 14.7. The summed E-state index contributed by atoms with van der Waals surface area (Å²) in [5.41, 5.74) is 1.05. The number of nitrogens with one attached hydrogen (secondary N) is 1. The van der Waals surface area contributed by atoms with Gasteiger partial charge in [-0.3, -0.25) is 0 Å². The van der Waals surface area contributed by atoms with Gasteiger partial charge < -0.3 is 5.32 Å². The van der Waals surface area contributed by atoms with Crippen molar-refractivity contribution in [3.8, 4) is 10.4 Å². The van der Waals surface area contributed by atoms with Crippen molar-refractivity contribution in [2.75, 3.05) is 6.54 Å². The first-order valence-electron chi connectivity index (χ1n) is 6.40. The fourth-order valence-electron chi connectivity index (χ4n) is 1.85. The van der Waals surface area contributed by atoms with Crippen LogP contribution in [0.25, 0.3) is 10.4 Å². The molecule has 0 radical (unpaired) electrons. The second-order valence-electron chi connectivity index (χ2n) is 4.51. The minimum absolute atomic E-state index is 0.224. The van der Waals surface area contributed by atoms with E-state index in [0.29, 0.717) is 10.5 Å². The van der Waals surface area contributed by atoms with E-state index in [4.69, 9.17) is 0 Å². The van der Waals surface area contributed by atoms with Gasteiger partial charge in [-0.1, -0.05) is 13.0 Å². The SMILES string of the molecule is CCCNC(C)c1ccc(-c2ccc(F)c(Br)c2)s1. The van der Waals surface area contributed by atoms with Crippen molar-refractivity contribution in [2.24, 2.45) is 0 Å². The fraction of sp³-hybridized carbons (Fsp3) is 0.333. The highest BCUT2D eigenvalue weighted by Crippen LogP contribution is 2.33. The average Bonchev–Trinajstić information content (AvgIpc) is 2.89. The number of halogens is 2. The Hall–Kier alpha value is -0.710. The third kappa shape index (κ3) is 3.65. The molecule has 102 valence electrons. The van der Waals surface area contributed by atoms with Crippen molar-refractivity contribution in [1.82, 2.24) is 5.32 Å². The lowest BCUT2D eigenvalue weighted by Crippen LogP contribution is -2.18. The largest absolute Gasteiger partial charge is 0.309 e. The third-order valence-corrected chi connectivity index (χ3v) is 4.88. The topological polar surface area (TPSA) is 12.0 Å². The highest BCUT2D eigenvalue weighted by molar-refractivity contribution is 9.10. The molecule has 1 nitrogen and oxygen atoms in total. The smallest absolute Gasteiger partial charge is 0.137 e. The Morgan fingerprint density at radius 3 is 2.79 bits per heavy atom. The molecule has 0 saturated heterocycles. The number of hydrogen-bond donors (Lipinski definition) is 1. The normalized spacial score (nSPS) is 12.6. The van der Waals surface area contributed by atoms with Gasteiger partial charge in [0.1, 0.15) is 5.82 Å². The third-order valence-electron chi connectivity index (χ3n) is 2.96. The summed E-state index contributed by atoms with van der Waals surface area (Å²) in [5.74, 6) is -0.224. The van der Waals surface area contributed by atoms with Gasteiger partial charge in [0.15, 0.2) is 0 Å².